The van der Waals surface area contributed by atoms with Gasteiger partial charge in [0.1, 0.15) is 5.75 Å². The molecule has 0 saturated heterocycles. The Balaban J connectivity index is 2.04. The summed E-state index contributed by atoms with van der Waals surface area (Å²) in [4.78, 5) is 26.3. The average Bonchev–Trinajstić information content (AvgIpc) is 2.60. The molecule has 6 heteroatoms. The molecule has 0 spiro atoms. The van der Waals surface area contributed by atoms with Crippen LogP contribution in [0.15, 0.2) is 42.5 Å². The van der Waals surface area contributed by atoms with Crippen LogP contribution in [0.25, 0.3) is 0 Å². The summed E-state index contributed by atoms with van der Waals surface area (Å²) in [6.45, 7) is 6.26. The summed E-state index contributed by atoms with van der Waals surface area (Å²) in [7, 11) is 3.10. The number of carbonyl (C=O) groups is 2. The van der Waals surface area contributed by atoms with Crippen molar-refractivity contribution in [1.29, 1.82) is 0 Å². The van der Waals surface area contributed by atoms with E-state index in [1.54, 1.807) is 37.4 Å². The van der Waals surface area contributed by atoms with Crippen molar-refractivity contribution >= 4 is 29.1 Å². The predicted molar refractivity (Wildman–Crippen MR) is 109 cm³/mol. The molecule has 0 saturated carbocycles. The van der Waals surface area contributed by atoms with Gasteiger partial charge in [-0.25, -0.2) is 0 Å². The van der Waals surface area contributed by atoms with E-state index in [9.17, 15) is 9.59 Å². The summed E-state index contributed by atoms with van der Waals surface area (Å²) in [5.41, 5.74) is 2.17. The normalized spacial score (nSPS) is 11.0. The molecule has 144 valence electrons. The lowest BCUT2D eigenvalue weighted by Gasteiger charge is -2.20. The van der Waals surface area contributed by atoms with Gasteiger partial charge in [0.15, 0.2) is 0 Å². The van der Waals surface area contributed by atoms with E-state index in [4.69, 9.17) is 16.3 Å². The van der Waals surface area contributed by atoms with Crippen LogP contribution < -0.4 is 10.1 Å². The Morgan fingerprint density at radius 1 is 1.11 bits per heavy atom. The topological polar surface area (TPSA) is 58.6 Å². The second-order valence-electron chi connectivity index (χ2n) is 7.38. The molecule has 0 atom stereocenters. The third-order valence-electron chi connectivity index (χ3n) is 4.16. The molecule has 5 nitrogen and oxygen atoms in total. The fraction of sp³-hybridized carbons (Fsp3) is 0.333. The largest absolute Gasteiger partial charge is 0.495 e. The smallest absolute Gasteiger partial charge is 0.254 e. The SMILES string of the molecule is COc1ccc(Cl)cc1NC(=O)CN(C)C(=O)c1ccc(C(C)(C)C)cc1. The van der Waals surface area contributed by atoms with Crippen LogP contribution in [0.4, 0.5) is 5.69 Å². The average molecular weight is 389 g/mol. The predicted octanol–water partition coefficient (Wildman–Crippen LogP) is 4.36. The number of likely N-dealkylation sites (N-methyl/N-ethyl adjacent to an activating group) is 1. The lowest BCUT2D eigenvalue weighted by molar-refractivity contribution is -0.116. The Labute approximate surface area is 165 Å². The Morgan fingerprint density at radius 3 is 2.30 bits per heavy atom. The molecule has 2 amide bonds. The van der Waals surface area contributed by atoms with E-state index in [1.807, 2.05) is 12.1 Å². The zero-order valence-electron chi connectivity index (χ0n) is 16.3. The third-order valence-corrected chi connectivity index (χ3v) is 4.40. The highest BCUT2D eigenvalue weighted by atomic mass is 35.5. The molecule has 27 heavy (non-hydrogen) atoms. The maximum atomic E-state index is 12.6. The van der Waals surface area contributed by atoms with Crippen LogP contribution in [-0.2, 0) is 10.2 Å². The molecule has 2 rings (SSSR count). The number of halogens is 1. The van der Waals surface area contributed by atoms with E-state index >= 15 is 0 Å². The molecule has 0 radical (unpaired) electrons. The summed E-state index contributed by atoms with van der Waals surface area (Å²) in [5.74, 6) is -0.0547. The molecule has 2 aromatic carbocycles. The van der Waals surface area contributed by atoms with Gasteiger partial charge in [0.05, 0.1) is 19.3 Å². The Bertz CT molecular complexity index is 826. The molecule has 0 bridgehead atoms. The van der Waals surface area contributed by atoms with Crippen molar-refractivity contribution in [1.82, 2.24) is 4.90 Å². The number of hydrogen-bond donors (Lipinski definition) is 1. The van der Waals surface area contributed by atoms with Gasteiger partial charge in [-0.3, -0.25) is 9.59 Å². The van der Waals surface area contributed by atoms with Gasteiger partial charge in [-0.15, -0.1) is 0 Å². The van der Waals surface area contributed by atoms with Crippen molar-refractivity contribution in [3.05, 3.63) is 58.6 Å². The lowest BCUT2D eigenvalue weighted by Crippen LogP contribution is -2.35. The zero-order chi connectivity index (χ0) is 20.2. The molecule has 0 aliphatic heterocycles. The number of rotatable bonds is 5. The quantitative estimate of drug-likeness (QED) is 0.828. The van der Waals surface area contributed by atoms with Crippen molar-refractivity contribution in [2.45, 2.75) is 26.2 Å². The van der Waals surface area contributed by atoms with Gasteiger partial charge in [-0.05, 0) is 41.3 Å². The van der Waals surface area contributed by atoms with E-state index in [0.717, 1.165) is 5.56 Å². The van der Waals surface area contributed by atoms with Gasteiger partial charge >= 0.3 is 0 Å². The van der Waals surface area contributed by atoms with Crippen LogP contribution in [0.5, 0.6) is 5.75 Å². The van der Waals surface area contributed by atoms with Gasteiger partial charge in [0.2, 0.25) is 5.91 Å². The molecule has 0 heterocycles. The monoisotopic (exact) mass is 388 g/mol. The number of carbonyl (C=O) groups excluding carboxylic acids is 2. The van der Waals surface area contributed by atoms with Crippen molar-refractivity contribution in [2.24, 2.45) is 0 Å². The van der Waals surface area contributed by atoms with Crippen molar-refractivity contribution < 1.29 is 14.3 Å². The molecular weight excluding hydrogens is 364 g/mol. The number of benzene rings is 2. The maximum absolute atomic E-state index is 12.6. The summed E-state index contributed by atoms with van der Waals surface area (Å²) in [5, 5.41) is 3.21. The van der Waals surface area contributed by atoms with E-state index in [2.05, 4.69) is 26.1 Å². The number of amides is 2. The first-order valence-electron chi connectivity index (χ1n) is 8.61. The van der Waals surface area contributed by atoms with Crippen LogP contribution in [0.1, 0.15) is 36.7 Å². The first-order chi connectivity index (χ1) is 12.6. The third kappa shape index (κ3) is 5.47. The highest BCUT2D eigenvalue weighted by Crippen LogP contribution is 2.27. The standard InChI is InChI=1S/C21H25ClN2O3/c1-21(2,3)15-8-6-14(7-9-15)20(26)24(4)13-19(25)23-17-12-16(22)10-11-18(17)27-5/h6-12H,13H2,1-5H3,(H,23,25). The van der Waals surface area contributed by atoms with Crippen LogP contribution >= 0.6 is 11.6 Å². The highest BCUT2D eigenvalue weighted by molar-refractivity contribution is 6.31. The number of methoxy groups -OCH3 is 1. The molecule has 0 aliphatic carbocycles. The van der Waals surface area contributed by atoms with Gasteiger partial charge in [-0.2, -0.15) is 0 Å². The van der Waals surface area contributed by atoms with Crippen LogP contribution in [-0.4, -0.2) is 37.4 Å². The van der Waals surface area contributed by atoms with Gasteiger partial charge in [0, 0.05) is 17.6 Å². The fourth-order valence-electron chi connectivity index (χ4n) is 2.59. The molecule has 0 aromatic heterocycles. The minimum absolute atomic E-state index is 0.0172. The van der Waals surface area contributed by atoms with Crippen LogP contribution in [0, 0.1) is 0 Å². The number of anilines is 1. The fourth-order valence-corrected chi connectivity index (χ4v) is 2.76. The molecular formula is C21H25ClN2O3. The Kier molecular flexibility index (Phi) is 6.50. The molecule has 0 fully saturated rings. The summed E-state index contributed by atoms with van der Waals surface area (Å²) in [6.07, 6.45) is 0. The highest BCUT2D eigenvalue weighted by Gasteiger charge is 2.18. The van der Waals surface area contributed by atoms with Crippen LogP contribution in [0.3, 0.4) is 0 Å². The first kappa shape index (κ1) is 20.8. The van der Waals surface area contributed by atoms with Crippen molar-refractivity contribution in [3.8, 4) is 5.75 Å². The van der Waals surface area contributed by atoms with Crippen molar-refractivity contribution in [2.75, 3.05) is 26.0 Å². The van der Waals surface area contributed by atoms with E-state index in [0.29, 0.717) is 22.0 Å². The van der Waals surface area contributed by atoms with E-state index in [-0.39, 0.29) is 23.8 Å². The molecule has 0 unspecified atom stereocenters. The van der Waals surface area contributed by atoms with Gasteiger partial charge < -0.3 is 15.0 Å². The summed E-state index contributed by atoms with van der Waals surface area (Å²) < 4.78 is 5.21. The number of nitrogens with zero attached hydrogens (tertiary/aromatic N) is 1. The molecule has 1 N–H and O–H groups in total. The minimum Gasteiger partial charge on any atom is -0.495 e. The van der Waals surface area contributed by atoms with Gasteiger partial charge in [-0.1, -0.05) is 44.5 Å². The lowest BCUT2D eigenvalue weighted by atomic mass is 9.86. The number of nitrogens with one attached hydrogen (secondary N) is 1. The Hall–Kier alpha value is -2.53. The second-order valence-corrected chi connectivity index (χ2v) is 7.82. The minimum atomic E-state index is -0.335. The van der Waals surface area contributed by atoms with Gasteiger partial charge in [0.25, 0.3) is 5.91 Å². The van der Waals surface area contributed by atoms with Crippen LogP contribution in [0.2, 0.25) is 5.02 Å². The summed E-state index contributed by atoms with van der Waals surface area (Å²) in [6, 6.07) is 12.4. The van der Waals surface area contributed by atoms with E-state index < -0.39 is 0 Å². The number of hydrogen-bond acceptors (Lipinski definition) is 3. The van der Waals surface area contributed by atoms with Crippen molar-refractivity contribution in [3.63, 3.8) is 0 Å². The maximum Gasteiger partial charge on any atom is 0.254 e. The zero-order valence-corrected chi connectivity index (χ0v) is 17.1. The molecule has 0 aliphatic rings. The second kappa shape index (κ2) is 8.44. The summed E-state index contributed by atoms with van der Waals surface area (Å²) >= 11 is 5.97. The van der Waals surface area contributed by atoms with E-state index in [1.165, 1.54) is 12.0 Å². The number of ether oxygens (including phenoxy) is 1. The Morgan fingerprint density at radius 2 is 1.74 bits per heavy atom. The first-order valence-corrected chi connectivity index (χ1v) is 8.99. The molecule has 2 aromatic rings.